The summed E-state index contributed by atoms with van der Waals surface area (Å²) in [5, 5.41) is 3.04. The molecule has 19 heavy (non-hydrogen) atoms. The minimum Gasteiger partial charge on any atom is -0.371 e. The molecule has 0 aromatic heterocycles. The molecule has 0 aliphatic rings. The van der Waals surface area contributed by atoms with Crippen molar-refractivity contribution in [2.24, 2.45) is 0 Å². The smallest absolute Gasteiger partial charge is 0.371 e. The van der Waals surface area contributed by atoms with Gasteiger partial charge in [-0.15, -0.1) is 0 Å². The van der Waals surface area contributed by atoms with Gasteiger partial charge in [-0.05, 0) is 24.1 Å². The summed E-state index contributed by atoms with van der Waals surface area (Å²) in [4.78, 5) is 0. The molecule has 0 saturated carbocycles. The number of alkyl halides is 3. The molecule has 6 heteroatoms. The zero-order valence-electron chi connectivity index (χ0n) is 10.6. The second kappa shape index (κ2) is 7.45. The molecule has 1 N–H and O–H groups in total. The van der Waals surface area contributed by atoms with E-state index in [1.165, 1.54) is 12.1 Å². The highest BCUT2D eigenvalue weighted by atomic mass is 19.4. The standard InChI is InChI=1S/C13H17F4NO/c1-2-12(10-4-3-5-11(14)8-10)18-6-7-19-9-13(15,16)17/h3-5,8,12,18H,2,6-7,9H2,1H3. The molecule has 0 aliphatic heterocycles. The van der Waals surface area contributed by atoms with Gasteiger partial charge in [0.25, 0.3) is 0 Å². The van der Waals surface area contributed by atoms with Gasteiger partial charge < -0.3 is 10.1 Å². The highest BCUT2D eigenvalue weighted by Crippen LogP contribution is 2.17. The molecule has 1 rings (SSSR count). The second-order valence-corrected chi connectivity index (χ2v) is 4.14. The fourth-order valence-electron chi connectivity index (χ4n) is 1.71. The van der Waals surface area contributed by atoms with Gasteiger partial charge in [-0.25, -0.2) is 4.39 Å². The van der Waals surface area contributed by atoms with Crippen molar-refractivity contribution in [3.05, 3.63) is 35.6 Å². The Morgan fingerprint density at radius 3 is 2.63 bits per heavy atom. The highest BCUT2D eigenvalue weighted by molar-refractivity contribution is 5.19. The molecule has 0 fully saturated rings. The average molecular weight is 279 g/mol. The summed E-state index contributed by atoms with van der Waals surface area (Å²) in [6.45, 7) is 0.918. The average Bonchev–Trinajstić information content (AvgIpc) is 2.32. The van der Waals surface area contributed by atoms with Crippen LogP contribution in [-0.4, -0.2) is 25.9 Å². The molecule has 1 aromatic carbocycles. The summed E-state index contributed by atoms with van der Waals surface area (Å²) in [6, 6.07) is 6.06. The van der Waals surface area contributed by atoms with Crippen LogP contribution in [0.15, 0.2) is 24.3 Å². The van der Waals surface area contributed by atoms with Gasteiger partial charge in [0.05, 0.1) is 6.61 Å². The molecule has 1 atom stereocenters. The first-order chi connectivity index (χ1) is 8.92. The first kappa shape index (κ1) is 15.9. The third-order valence-corrected chi connectivity index (χ3v) is 2.56. The SMILES string of the molecule is CCC(NCCOCC(F)(F)F)c1cccc(F)c1. The number of nitrogens with one attached hydrogen (secondary N) is 1. The predicted octanol–water partition coefficient (Wildman–Crippen LogP) is 3.45. The van der Waals surface area contributed by atoms with E-state index in [0.29, 0.717) is 6.42 Å². The van der Waals surface area contributed by atoms with Crippen LogP contribution in [0.2, 0.25) is 0 Å². The number of benzene rings is 1. The van der Waals surface area contributed by atoms with Crippen LogP contribution in [0.25, 0.3) is 0 Å². The van der Waals surface area contributed by atoms with Gasteiger partial charge in [0, 0.05) is 12.6 Å². The number of hydrogen-bond acceptors (Lipinski definition) is 2. The zero-order chi connectivity index (χ0) is 14.3. The summed E-state index contributed by atoms with van der Waals surface area (Å²) in [5.74, 6) is -0.328. The van der Waals surface area contributed by atoms with E-state index in [1.54, 1.807) is 12.1 Å². The summed E-state index contributed by atoms with van der Waals surface area (Å²) < 4.78 is 53.0. The fraction of sp³-hybridized carbons (Fsp3) is 0.538. The Morgan fingerprint density at radius 2 is 2.05 bits per heavy atom. The molecule has 0 saturated heterocycles. The van der Waals surface area contributed by atoms with Gasteiger partial charge in [-0.3, -0.25) is 0 Å². The van der Waals surface area contributed by atoms with Crippen LogP contribution in [0.3, 0.4) is 0 Å². The van der Waals surface area contributed by atoms with Crippen molar-refractivity contribution in [3.8, 4) is 0 Å². The molecule has 2 nitrogen and oxygen atoms in total. The van der Waals surface area contributed by atoms with Gasteiger partial charge in [-0.1, -0.05) is 19.1 Å². The summed E-state index contributed by atoms with van der Waals surface area (Å²) in [6.07, 6.45) is -3.59. The first-order valence-corrected chi connectivity index (χ1v) is 6.05. The van der Waals surface area contributed by atoms with Crippen molar-refractivity contribution < 1.29 is 22.3 Å². The van der Waals surface area contributed by atoms with Crippen molar-refractivity contribution in [2.75, 3.05) is 19.8 Å². The molecule has 0 spiro atoms. The Balaban J connectivity index is 2.34. The molecule has 0 heterocycles. The Labute approximate surface area is 109 Å². The van der Waals surface area contributed by atoms with Gasteiger partial charge in [0.2, 0.25) is 0 Å². The maximum Gasteiger partial charge on any atom is 0.411 e. The van der Waals surface area contributed by atoms with E-state index in [-0.39, 0.29) is 25.0 Å². The Kier molecular flexibility index (Phi) is 6.24. The van der Waals surface area contributed by atoms with Gasteiger partial charge in [-0.2, -0.15) is 13.2 Å². The third-order valence-electron chi connectivity index (χ3n) is 2.56. The van der Waals surface area contributed by atoms with Crippen molar-refractivity contribution in [1.29, 1.82) is 0 Å². The van der Waals surface area contributed by atoms with E-state index in [4.69, 9.17) is 0 Å². The lowest BCUT2D eigenvalue weighted by Crippen LogP contribution is -2.27. The zero-order valence-corrected chi connectivity index (χ0v) is 10.6. The monoisotopic (exact) mass is 279 g/mol. The number of rotatable bonds is 7. The molecule has 1 unspecified atom stereocenters. The Morgan fingerprint density at radius 1 is 1.32 bits per heavy atom. The van der Waals surface area contributed by atoms with Crippen LogP contribution in [0, 0.1) is 5.82 Å². The second-order valence-electron chi connectivity index (χ2n) is 4.14. The lowest BCUT2D eigenvalue weighted by Gasteiger charge is -2.17. The number of halogens is 4. The largest absolute Gasteiger partial charge is 0.411 e. The van der Waals surface area contributed by atoms with Crippen LogP contribution < -0.4 is 5.32 Å². The summed E-state index contributed by atoms with van der Waals surface area (Å²) in [7, 11) is 0. The minimum absolute atomic E-state index is 0.0364. The molecule has 108 valence electrons. The fourth-order valence-corrected chi connectivity index (χ4v) is 1.71. The van der Waals surface area contributed by atoms with Crippen molar-refractivity contribution in [1.82, 2.24) is 5.32 Å². The van der Waals surface area contributed by atoms with E-state index in [2.05, 4.69) is 10.1 Å². The molecule has 1 aromatic rings. The number of ether oxygens (including phenoxy) is 1. The van der Waals surface area contributed by atoms with E-state index in [1.807, 2.05) is 6.92 Å². The molecular weight excluding hydrogens is 262 g/mol. The quantitative estimate of drug-likeness (QED) is 0.610. The van der Waals surface area contributed by atoms with Crippen molar-refractivity contribution >= 4 is 0 Å². The van der Waals surface area contributed by atoms with Crippen LogP contribution in [0.4, 0.5) is 17.6 Å². The Bertz CT molecular complexity index is 381. The van der Waals surface area contributed by atoms with E-state index < -0.39 is 12.8 Å². The van der Waals surface area contributed by atoms with E-state index in [9.17, 15) is 17.6 Å². The third kappa shape index (κ3) is 6.54. The molecule has 0 amide bonds. The van der Waals surface area contributed by atoms with Gasteiger partial charge in [0.1, 0.15) is 12.4 Å². The van der Waals surface area contributed by atoms with E-state index in [0.717, 1.165) is 5.56 Å². The lowest BCUT2D eigenvalue weighted by molar-refractivity contribution is -0.173. The normalized spacial score (nSPS) is 13.5. The summed E-state index contributed by atoms with van der Waals surface area (Å²) >= 11 is 0. The summed E-state index contributed by atoms with van der Waals surface area (Å²) in [5.41, 5.74) is 0.776. The van der Waals surface area contributed by atoms with Crippen LogP contribution >= 0.6 is 0 Å². The lowest BCUT2D eigenvalue weighted by atomic mass is 10.0. The van der Waals surface area contributed by atoms with Crippen LogP contribution in [-0.2, 0) is 4.74 Å². The van der Waals surface area contributed by atoms with Gasteiger partial charge in [0.15, 0.2) is 0 Å². The molecule has 0 bridgehead atoms. The maximum absolute atomic E-state index is 13.1. The molecular formula is C13H17F4NO. The molecule has 0 aliphatic carbocycles. The number of hydrogen-bond donors (Lipinski definition) is 1. The molecule has 0 radical (unpaired) electrons. The van der Waals surface area contributed by atoms with Gasteiger partial charge >= 0.3 is 6.18 Å². The topological polar surface area (TPSA) is 21.3 Å². The predicted molar refractivity (Wildman–Crippen MR) is 64.3 cm³/mol. The van der Waals surface area contributed by atoms with Crippen LogP contribution in [0.5, 0.6) is 0 Å². The maximum atomic E-state index is 13.1. The minimum atomic E-state index is -4.30. The van der Waals surface area contributed by atoms with Crippen LogP contribution in [0.1, 0.15) is 24.9 Å². The first-order valence-electron chi connectivity index (χ1n) is 6.05. The highest BCUT2D eigenvalue weighted by Gasteiger charge is 2.27. The van der Waals surface area contributed by atoms with Crippen molar-refractivity contribution in [3.63, 3.8) is 0 Å². The Hall–Kier alpha value is -1.14. The van der Waals surface area contributed by atoms with E-state index >= 15 is 0 Å². The van der Waals surface area contributed by atoms with Crippen molar-refractivity contribution in [2.45, 2.75) is 25.6 Å².